The molecular weight excluding hydrogens is 210 g/mol. The van der Waals surface area contributed by atoms with E-state index in [1.54, 1.807) is 27.8 Å². The van der Waals surface area contributed by atoms with Crippen molar-refractivity contribution in [3.8, 4) is 0 Å². The molecule has 78 valence electrons. The molecule has 4 nitrogen and oxygen atoms in total. The lowest BCUT2D eigenvalue weighted by Gasteiger charge is -2.08. The van der Waals surface area contributed by atoms with Crippen LogP contribution in [0.4, 0.5) is 0 Å². The first-order valence-electron chi connectivity index (χ1n) is 4.66. The molecule has 0 aliphatic rings. The Balaban J connectivity index is 2.38. The zero-order chi connectivity index (χ0) is 10.8. The maximum Gasteiger partial charge on any atom is 0.230 e. The van der Waals surface area contributed by atoms with Gasteiger partial charge < -0.3 is 0 Å². The van der Waals surface area contributed by atoms with Crippen LogP contribution in [0.5, 0.6) is 0 Å². The lowest BCUT2D eigenvalue weighted by molar-refractivity contribution is 0.102. The average Bonchev–Trinajstić information content (AvgIpc) is 2.88. The van der Waals surface area contributed by atoms with Crippen LogP contribution in [0.15, 0.2) is 23.2 Å². The molecule has 0 aromatic carbocycles. The smallest absolute Gasteiger partial charge is 0.230 e. The molecule has 5 heteroatoms. The summed E-state index contributed by atoms with van der Waals surface area (Å²) < 4.78 is 1.71. The normalized spacial score (nSPS) is 10.9. The molecule has 2 heterocycles. The number of nitrogens with zero attached hydrogens (tertiary/aromatic N) is 3. The van der Waals surface area contributed by atoms with Gasteiger partial charge in [-0.25, -0.2) is 4.98 Å². The number of hydrogen-bond acceptors (Lipinski definition) is 4. The monoisotopic (exact) mass is 221 g/mol. The Morgan fingerprint density at radius 3 is 2.93 bits per heavy atom. The highest BCUT2D eigenvalue weighted by Gasteiger charge is 2.17. The Hall–Kier alpha value is -1.49. The summed E-state index contributed by atoms with van der Waals surface area (Å²) in [5, 5.41) is 5.87. The van der Waals surface area contributed by atoms with Gasteiger partial charge in [0.25, 0.3) is 0 Å². The predicted octanol–water partition coefficient (Wildman–Crippen LogP) is 2.15. The van der Waals surface area contributed by atoms with Gasteiger partial charge in [0, 0.05) is 17.6 Å². The van der Waals surface area contributed by atoms with Crippen molar-refractivity contribution in [3.63, 3.8) is 0 Å². The first-order valence-corrected chi connectivity index (χ1v) is 5.61. The van der Waals surface area contributed by atoms with Gasteiger partial charge >= 0.3 is 0 Å². The van der Waals surface area contributed by atoms with Crippen molar-refractivity contribution in [1.82, 2.24) is 14.8 Å². The third kappa shape index (κ3) is 1.83. The number of aromatic nitrogens is 3. The van der Waals surface area contributed by atoms with Crippen LogP contribution in [0.1, 0.15) is 36.1 Å². The number of hydrogen-bond donors (Lipinski definition) is 0. The van der Waals surface area contributed by atoms with Gasteiger partial charge in [-0.05, 0) is 19.9 Å². The summed E-state index contributed by atoms with van der Waals surface area (Å²) in [6.45, 7) is 3.98. The molecule has 0 aliphatic heterocycles. The minimum Gasteiger partial charge on any atom is -0.285 e. The third-order valence-corrected chi connectivity index (χ3v) is 2.64. The Morgan fingerprint density at radius 2 is 2.33 bits per heavy atom. The van der Waals surface area contributed by atoms with Crippen LogP contribution in [0.2, 0.25) is 0 Å². The van der Waals surface area contributed by atoms with Crippen molar-refractivity contribution in [2.75, 3.05) is 0 Å². The van der Waals surface area contributed by atoms with Crippen LogP contribution < -0.4 is 0 Å². The number of thiazole rings is 1. The molecule has 0 aliphatic carbocycles. The van der Waals surface area contributed by atoms with Gasteiger partial charge in [0.2, 0.25) is 5.78 Å². The molecular formula is C10H11N3OS. The average molecular weight is 221 g/mol. The molecule has 0 amide bonds. The molecule has 0 atom stereocenters. The first-order chi connectivity index (χ1) is 7.20. The molecule has 2 aromatic heterocycles. The third-order valence-electron chi connectivity index (χ3n) is 2.06. The lowest BCUT2D eigenvalue weighted by Crippen LogP contribution is -2.13. The van der Waals surface area contributed by atoms with E-state index in [4.69, 9.17) is 0 Å². The van der Waals surface area contributed by atoms with E-state index in [-0.39, 0.29) is 11.8 Å². The maximum absolute atomic E-state index is 12.0. The molecule has 0 fully saturated rings. The van der Waals surface area contributed by atoms with E-state index in [9.17, 15) is 4.79 Å². The standard InChI is InChI=1S/C10H11N3OS/c1-7(2)13-9(3-4-12-13)10(14)8-5-15-6-11-8/h3-7H,1-2H3. The quantitative estimate of drug-likeness (QED) is 0.746. The van der Waals surface area contributed by atoms with Gasteiger partial charge in [-0.15, -0.1) is 11.3 Å². The van der Waals surface area contributed by atoms with Crippen molar-refractivity contribution < 1.29 is 4.79 Å². The predicted molar refractivity (Wildman–Crippen MR) is 58.2 cm³/mol. The van der Waals surface area contributed by atoms with Crippen LogP contribution in [0.25, 0.3) is 0 Å². The Labute approximate surface area is 91.6 Å². The fourth-order valence-electron chi connectivity index (χ4n) is 1.36. The first kappa shape index (κ1) is 10.0. The van der Waals surface area contributed by atoms with Crippen LogP contribution in [-0.4, -0.2) is 20.5 Å². The van der Waals surface area contributed by atoms with Crippen LogP contribution >= 0.6 is 11.3 Å². The van der Waals surface area contributed by atoms with E-state index in [0.29, 0.717) is 11.4 Å². The number of carbonyl (C=O) groups is 1. The molecule has 15 heavy (non-hydrogen) atoms. The summed E-state index contributed by atoms with van der Waals surface area (Å²) in [6.07, 6.45) is 1.64. The summed E-state index contributed by atoms with van der Waals surface area (Å²) in [7, 11) is 0. The summed E-state index contributed by atoms with van der Waals surface area (Å²) >= 11 is 1.42. The Morgan fingerprint density at radius 1 is 1.53 bits per heavy atom. The van der Waals surface area contributed by atoms with E-state index >= 15 is 0 Å². The van der Waals surface area contributed by atoms with E-state index in [1.807, 2.05) is 13.8 Å². The van der Waals surface area contributed by atoms with Crippen molar-refractivity contribution in [2.24, 2.45) is 0 Å². The summed E-state index contributed by atoms with van der Waals surface area (Å²) in [5.41, 5.74) is 2.74. The Kier molecular flexibility index (Phi) is 2.64. The maximum atomic E-state index is 12.0. The fourth-order valence-corrected chi connectivity index (χ4v) is 1.89. The van der Waals surface area contributed by atoms with Gasteiger partial charge in [-0.2, -0.15) is 5.10 Å². The minimum absolute atomic E-state index is 0.0672. The van der Waals surface area contributed by atoms with E-state index in [0.717, 1.165) is 0 Å². The zero-order valence-corrected chi connectivity index (χ0v) is 9.36. The molecule has 0 radical (unpaired) electrons. The van der Waals surface area contributed by atoms with Gasteiger partial charge in [-0.3, -0.25) is 9.48 Å². The lowest BCUT2D eigenvalue weighted by atomic mass is 10.2. The van der Waals surface area contributed by atoms with Crippen molar-refractivity contribution in [2.45, 2.75) is 19.9 Å². The molecule has 0 saturated heterocycles. The molecule has 0 spiro atoms. The number of ketones is 1. The zero-order valence-electron chi connectivity index (χ0n) is 8.54. The molecule has 0 bridgehead atoms. The van der Waals surface area contributed by atoms with E-state index in [2.05, 4.69) is 10.1 Å². The second kappa shape index (κ2) is 3.94. The van der Waals surface area contributed by atoms with Gasteiger partial charge in [0.15, 0.2) is 0 Å². The SMILES string of the molecule is CC(C)n1nccc1C(=O)c1cscn1. The second-order valence-corrected chi connectivity index (χ2v) is 4.18. The summed E-state index contributed by atoms with van der Waals surface area (Å²) in [6, 6.07) is 1.90. The Bertz CT molecular complexity index is 459. The van der Waals surface area contributed by atoms with Gasteiger partial charge in [0.05, 0.1) is 5.51 Å². The van der Waals surface area contributed by atoms with Gasteiger partial charge in [0.1, 0.15) is 11.4 Å². The van der Waals surface area contributed by atoms with E-state index in [1.165, 1.54) is 11.3 Å². The van der Waals surface area contributed by atoms with Crippen LogP contribution in [0, 0.1) is 0 Å². The molecule has 2 rings (SSSR count). The van der Waals surface area contributed by atoms with Gasteiger partial charge in [-0.1, -0.05) is 0 Å². The second-order valence-electron chi connectivity index (χ2n) is 3.46. The highest BCUT2D eigenvalue weighted by Crippen LogP contribution is 2.13. The summed E-state index contributed by atoms with van der Waals surface area (Å²) in [4.78, 5) is 16.0. The number of carbonyl (C=O) groups excluding carboxylic acids is 1. The molecule has 2 aromatic rings. The highest BCUT2D eigenvalue weighted by atomic mass is 32.1. The van der Waals surface area contributed by atoms with E-state index < -0.39 is 0 Å². The number of rotatable bonds is 3. The molecule has 0 unspecified atom stereocenters. The topological polar surface area (TPSA) is 47.8 Å². The van der Waals surface area contributed by atoms with Crippen molar-refractivity contribution >= 4 is 17.1 Å². The molecule has 0 saturated carbocycles. The molecule has 0 N–H and O–H groups in total. The highest BCUT2D eigenvalue weighted by molar-refractivity contribution is 7.07. The summed E-state index contributed by atoms with van der Waals surface area (Å²) in [5.74, 6) is -0.0672. The van der Waals surface area contributed by atoms with Crippen molar-refractivity contribution in [3.05, 3.63) is 34.5 Å². The largest absolute Gasteiger partial charge is 0.285 e. The minimum atomic E-state index is -0.0672. The van der Waals surface area contributed by atoms with Crippen LogP contribution in [-0.2, 0) is 0 Å². The van der Waals surface area contributed by atoms with Crippen LogP contribution in [0.3, 0.4) is 0 Å². The fraction of sp³-hybridized carbons (Fsp3) is 0.300. The van der Waals surface area contributed by atoms with Crippen molar-refractivity contribution in [1.29, 1.82) is 0 Å².